The van der Waals surface area contributed by atoms with Crippen LogP contribution >= 0.6 is 0 Å². The fraction of sp³-hybridized carbons (Fsp3) is 0.917. The molecule has 0 saturated carbocycles. The van der Waals surface area contributed by atoms with Gasteiger partial charge in [-0.15, -0.1) is 0 Å². The van der Waals surface area contributed by atoms with Gasteiger partial charge in [-0.05, 0) is 25.8 Å². The van der Waals surface area contributed by atoms with Gasteiger partial charge in [-0.25, -0.2) is 12.7 Å². The molecule has 0 aliphatic heterocycles. The highest BCUT2D eigenvalue weighted by Gasteiger charge is 2.13. The molecule has 0 radical (unpaired) electrons. The van der Waals surface area contributed by atoms with Crippen molar-refractivity contribution in [3.63, 3.8) is 0 Å². The summed E-state index contributed by atoms with van der Waals surface area (Å²) in [6.45, 7) is 3.90. The molecule has 0 heterocycles. The number of hydrogen-bond donors (Lipinski definition) is 2. The topological polar surface area (TPSA) is 92.5 Å². The van der Waals surface area contributed by atoms with Gasteiger partial charge in [0.1, 0.15) is 0 Å². The zero-order valence-electron chi connectivity index (χ0n) is 12.0. The molecule has 0 aliphatic carbocycles. The lowest BCUT2D eigenvalue weighted by atomic mass is 10.2. The minimum absolute atomic E-state index is 0.0272. The Hall–Kier alpha value is -0.660. The average molecular weight is 293 g/mol. The zero-order chi connectivity index (χ0) is 14.7. The van der Waals surface area contributed by atoms with E-state index < -0.39 is 10.0 Å². The molecule has 0 fully saturated rings. The maximum Gasteiger partial charge on any atom is 0.219 e. The molecule has 1 amide bonds. The molecule has 0 atom stereocenters. The molecule has 114 valence electrons. The summed E-state index contributed by atoms with van der Waals surface area (Å²) in [7, 11) is -3.13. The van der Waals surface area contributed by atoms with Crippen LogP contribution in [-0.4, -0.2) is 51.1 Å². The van der Waals surface area contributed by atoms with Gasteiger partial charge in [-0.2, -0.15) is 0 Å². The molecule has 7 heteroatoms. The van der Waals surface area contributed by atoms with Crippen molar-refractivity contribution in [2.75, 3.05) is 32.4 Å². The van der Waals surface area contributed by atoms with Crippen molar-refractivity contribution in [1.82, 2.24) is 9.62 Å². The molecule has 19 heavy (non-hydrogen) atoms. The van der Waals surface area contributed by atoms with Crippen LogP contribution in [0.5, 0.6) is 0 Å². The van der Waals surface area contributed by atoms with Crippen LogP contribution in [0.15, 0.2) is 0 Å². The molecule has 0 bridgehead atoms. The molecule has 0 aromatic rings. The SMILES string of the molecule is CCN(CCCNC(=O)CCCCCN)S(C)(=O)=O. The van der Waals surface area contributed by atoms with Crippen molar-refractivity contribution in [3.8, 4) is 0 Å². The Labute approximate surface area is 116 Å². The minimum Gasteiger partial charge on any atom is -0.356 e. The number of hydrogen-bond acceptors (Lipinski definition) is 4. The fourth-order valence-corrected chi connectivity index (χ4v) is 2.67. The number of nitrogens with two attached hydrogens (primary N) is 1. The van der Waals surface area contributed by atoms with E-state index in [1.807, 2.05) is 0 Å². The van der Waals surface area contributed by atoms with Gasteiger partial charge in [0.2, 0.25) is 15.9 Å². The summed E-state index contributed by atoms with van der Waals surface area (Å²) in [4.78, 5) is 11.4. The number of nitrogens with one attached hydrogen (secondary N) is 1. The maximum absolute atomic E-state index is 11.4. The van der Waals surface area contributed by atoms with E-state index >= 15 is 0 Å². The second-order valence-corrected chi connectivity index (χ2v) is 6.54. The first-order valence-corrected chi connectivity index (χ1v) is 8.68. The minimum atomic E-state index is -3.13. The van der Waals surface area contributed by atoms with Crippen molar-refractivity contribution in [3.05, 3.63) is 0 Å². The van der Waals surface area contributed by atoms with Gasteiger partial charge >= 0.3 is 0 Å². The van der Waals surface area contributed by atoms with Crippen molar-refractivity contribution in [2.45, 2.75) is 39.0 Å². The molecule has 0 unspecified atom stereocenters. The van der Waals surface area contributed by atoms with E-state index in [0.29, 0.717) is 39.0 Å². The van der Waals surface area contributed by atoms with Crippen molar-refractivity contribution in [1.29, 1.82) is 0 Å². The van der Waals surface area contributed by atoms with Crippen LogP contribution in [0.1, 0.15) is 39.0 Å². The van der Waals surface area contributed by atoms with Crippen LogP contribution in [0.3, 0.4) is 0 Å². The van der Waals surface area contributed by atoms with Gasteiger partial charge in [0.15, 0.2) is 0 Å². The smallest absolute Gasteiger partial charge is 0.219 e. The normalized spacial score (nSPS) is 11.8. The Bertz CT molecular complexity index is 344. The third kappa shape index (κ3) is 9.86. The quantitative estimate of drug-likeness (QED) is 0.536. The van der Waals surface area contributed by atoms with Crippen molar-refractivity contribution < 1.29 is 13.2 Å². The first-order valence-electron chi connectivity index (χ1n) is 6.83. The Morgan fingerprint density at radius 3 is 2.42 bits per heavy atom. The van der Waals surface area contributed by atoms with Crippen LogP contribution < -0.4 is 11.1 Å². The average Bonchev–Trinajstić information content (AvgIpc) is 2.33. The van der Waals surface area contributed by atoms with Crippen LogP contribution in [0.25, 0.3) is 0 Å². The summed E-state index contributed by atoms with van der Waals surface area (Å²) < 4.78 is 24.0. The largest absolute Gasteiger partial charge is 0.356 e. The molecular formula is C12H27N3O3S. The molecule has 0 spiro atoms. The van der Waals surface area contributed by atoms with Gasteiger partial charge in [0.25, 0.3) is 0 Å². The van der Waals surface area contributed by atoms with Crippen LogP contribution in [-0.2, 0) is 14.8 Å². The molecule has 6 nitrogen and oxygen atoms in total. The van der Waals surface area contributed by atoms with Gasteiger partial charge in [0, 0.05) is 26.1 Å². The molecule has 0 saturated heterocycles. The van der Waals surface area contributed by atoms with E-state index in [2.05, 4.69) is 5.32 Å². The van der Waals surface area contributed by atoms with E-state index in [-0.39, 0.29) is 5.91 Å². The molecule has 0 rings (SSSR count). The second kappa shape index (κ2) is 10.2. The van der Waals surface area contributed by atoms with Gasteiger partial charge in [-0.1, -0.05) is 13.3 Å². The predicted octanol–water partition coefficient (Wildman–Crippen LogP) is 0.293. The lowest BCUT2D eigenvalue weighted by Gasteiger charge is -2.17. The highest BCUT2D eigenvalue weighted by atomic mass is 32.2. The van der Waals surface area contributed by atoms with E-state index in [1.54, 1.807) is 6.92 Å². The van der Waals surface area contributed by atoms with Gasteiger partial charge < -0.3 is 11.1 Å². The number of unbranched alkanes of at least 4 members (excludes halogenated alkanes) is 2. The van der Waals surface area contributed by atoms with E-state index in [4.69, 9.17) is 5.73 Å². The van der Waals surface area contributed by atoms with Gasteiger partial charge in [0.05, 0.1) is 6.26 Å². The second-order valence-electron chi connectivity index (χ2n) is 4.56. The number of carbonyl (C=O) groups is 1. The number of carbonyl (C=O) groups excluding carboxylic acids is 1. The third-order valence-electron chi connectivity index (χ3n) is 2.84. The summed E-state index contributed by atoms with van der Waals surface area (Å²) in [5.41, 5.74) is 5.37. The number of nitrogens with zero attached hydrogens (tertiary/aromatic N) is 1. The molecule has 0 aromatic heterocycles. The molecular weight excluding hydrogens is 266 g/mol. The molecule has 3 N–H and O–H groups in total. The predicted molar refractivity (Wildman–Crippen MR) is 77.2 cm³/mol. The summed E-state index contributed by atoms with van der Waals surface area (Å²) in [5.74, 6) is 0.0272. The van der Waals surface area contributed by atoms with Crippen molar-refractivity contribution >= 4 is 15.9 Å². The van der Waals surface area contributed by atoms with Crippen LogP contribution in [0.2, 0.25) is 0 Å². The Morgan fingerprint density at radius 2 is 1.89 bits per heavy atom. The monoisotopic (exact) mass is 293 g/mol. The fourth-order valence-electron chi connectivity index (χ4n) is 1.74. The highest BCUT2D eigenvalue weighted by molar-refractivity contribution is 7.88. The van der Waals surface area contributed by atoms with E-state index in [9.17, 15) is 13.2 Å². The molecule has 0 aromatic carbocycles. The van der Waals surface area contributed by atoms with Gasteiger partial charge in [-0.3, -0.25) is 4.79 Å². The van der Waals surface area contributed by atoms with E-state index in [0.717, 1.165) is 19.3 Å². The third-order valence-corrected chi connectivity index (χ3v) is 4.21. The molecule has 0 aliphatic rings. The first-order chi connectivity index (χ1) is 8.91. The summed E-state index contributed by atoms with van der Waals surface area (Å²) in [6.07, 6.45) is 5.13. The lowest BCUT2D eigenvalue weighted by molar-refractivity contribution is -0.121. The summed E-state index contributed by atoms with van der Waals surface area (Å²) in [6, 6.07) is 0. The first kappa shape index (κ1) is 18.3. The lowest BCUT2D eigenvalue weighted by Crippen LogP contribution is -2.33. The number of sulfonamides is 1. The Kier molecular flexibility index (Phi) is 9.81. The maximum atomic E-state index is 11.4. The zero-order valence-corrected chi connectivity index (χ0v) is 12.8. The Balaban J connectivity index is 3.65. The summed E-state index contributed by atoms with van der Waals surface area (Å²) in [5, 5.41) is 2.80. The van der Waals surface area contributed by atoms with Crippen LogP contribution in [0, 0.1) is 0 Å². The Morgan fingerprint density at radius 1 is 1.21 bits per heavy atom. The number of rotatable bonds is 11. The van der Waals surface area contributed by atoms with E-state index in [1.165, 1.54) is 10.6 Å². The summed E-state index contributed by atoms with van der Waals surface area (Å²) >= 11 is 0. The standard InChI is InChI=1S/C12H27N3O3S/c1-3-15(19(2,17)18)11-7-10-14-12(16)8-5-4-6-9-13/h3-11,13H2,1-2H3,(H,14,16). The van der Waals surface area contributed by atoms with Crippen LogP contribution in [0.4, 0.5) is 0 Å². The van der Waals surface area contributed by atoms with Crippen molar-refractivity contribution in [2.24, 2.45) is 5.73 Å². The highest BCUT2D eigenvalue weighted by Crippen LogP contribution is 2.00. The number of amides is 1.